The summed E-state index contributed by atoms with van der Waals surface area (Å²) in [4.78, 5) is 12.1. The second kappa shape index (κ2) is 5.02. The van der Waals surface area contributed by atoms with Gasteiger partial charge in [0.05, 0.1) is 11.5 Å². The quantitative estimate of drug-likeness (QED) is 0.771. The molecule has 0 saturated heterocycles. The summed E-state index contributed by atoms with van der Waals surface area (Å²) >= 11 is 0. The minimum absolute atomic E-state index is 0.0710. The lowest BCUT2D eigenvalue weighted by molar-refractivity contribution is -0.120. The Morgan fingerprint density at radius 2 is 1.92 bits per heavy atom. The Hall–Kier alpha value is -1.14. The van der Waals surface area contributed by atoms with Crippen LogP contribution in [0.5, 0.6) is 0 Å². The number of hydrogen-bond donors (Lipinski definition) is 1. The van der Waals surface area contributed by atoms with Gasteiger partial charge in [0.25, 0.3) is 0 Å². The van der Waals surface area contributed by atoms with Crippen LogP contribution in [-0.4, -0.2) is 17.5 Å². The topological polar surface area (TPSA) is 61.1 Å². The highest BCUT2D eigenvalue weighted by Gasteiger charge is 2.75. The van der Waals surface area contributed by atoms with Crippen molar-refractivity contribution in [3.8, 4) is 6.07 Å². The van der Waals surface area contributed by atoms with E-state index >= 15 is 0 Å². The fraction of sp³-hybridized carbons (Fsp3) is 0.826. The van der Waals surface area contributed by atoms with Crippen LogP contribution in [0.3, 0.4) is 0 Å². The largest absolute Gasteiger partial charge is 0.396 e. The first kappa shape index (κ1) is 17.0. The van der Waals surface area contributed by atoms with Crippen molar-refractivity contribution < 1.29 is 9.90 Å². The molecule has 3 nitrogen and oxygen atoms in total. The summed E-state index contributed by atoms with van der Waals surface area (Å²) in [6, 6.07) is 2.76. The van der Waals surface area contributed by atoms with Crippen LogP contribution in [0.25, 0.3) is 0 Å². The lowest BCUT2D eigenvalue weighted by atomic mass is 9.43. The second-order valence-electron chi connectivity index (χ2n) is 10.7. The zero-order chi connectivity index (χ0) is 18.5. The van der Waals surface area contributed by atoms with Gasteiger partial charge in [0.15, 0.2) is 5.78 Å². The molecule has 0 aromatic heterocycles. The maximum absolute atomic E-state index is 12.1. The number of aliphatic hydroxyl groups excluding tert-OH is 1. The molecule has 0 aromatic rings. The molecule has 4 saturated carbocycles. The maximum Gasteiger partial charge on any atom is 0.155 e. The number of hydrogen-bond acceptors (Lipinski definition) is 3. The van der Waals surface area contributed by atoms with E-state index in [0.29, 0.717) is 30.1 Å². The summed E-state index contributed by atoms with van der Waals surface area (Å²) in [5, 5.41) is 20.2. The fourth-order valence-corrected chi connectivity index (χ4v) is 8.52. The van der Waals surface area contributed by atoms with Crippen LogP contribution >= 0.6 is 0 Å². The van der Waals surface area contributed by atoms with Crippen LogP contribution < -0.4 is 0 Å². The zero-order valence-corrected chi connectivity index (χ0v) is 16.3. The Labute approximate surface area is 156 Å². The molecule has 0 radical (unpaired) electrons. The van der Waals surface area contributed by atoms with Crippen LogP contribution in [0, 0.1) is 63.1 Å². The van der Waals surface area contributed by atoms with Crippen molar-refractivity contribution in [2.45, 2.75) is 59.3 Å². The molecule has 0 aromatic carbocycles. The number of rotatable bonds is 1. The molecule has 4 fully saturated rings. The summed E-state index contributed by atoms with van der Waals surface area (Å²) in [7, 11) is 0. The third-order valence-corrected chi connectivity index (χ3v) is 10.1. The molecule has 5 aliphatic carbocycles. The normalized spacial score (nSPS) is 57.2. The Kier molecular flexibility index (Phi) is 3.28. The van der Waals surface area contributed by atoms with Gasteiger partial charge < -0.3 is 5.11 Å². The van der Waals surface area contributed by atoms with Gasteiger partial charge in [-0.15, -0.1) is 0 Å². The predicted molar refractivity (Wildman–Crippen MR) is 98.8 cm³/mol. The molecule has 9 atom stereocenters. The minimum atomic E-state index is -0.179. The molecule has 5 aliphatic rings. The van der Waals surface area contributed by atoms with E-state index in [1.165, 1.54) is 18.4 Å². The van der Waals surface area contributed by atoms with E-state index in [2.05, 4.69) is 26.8 Å². The van der Waals surface area contributed by atoms with Crippen LogP contribution in [0.2, 0.25) is 0 Å². The van der Waals surface area contributed by atoms with Crippen molar-refractivity contribution in [2.24, 2.45) is 51.8 Å². The molecule has 3 heteroatoms. The third-order valence-electron chi connectivity index (χ3n) is 10.1. The zero-order valence-electron chi connectivity index (χ0n) is 16.3. The van der Waals surface area contributed by atoms with E-state index in [0.717, 1.165) is 25.2 Å². The van der Waals surface area contributed by atoms with Gasteiger partial charge in [-0.2, -0.15) is 5.26 Å². The molecule has 1 N–H and O–H groups in total. The summed E-state index contributed by atoms with van der Waals surface area (Å²) in [5.74, 6) is 3.54. The van der Waals surface area contributed by atoms with Gasteiger partial charge in [-0.1, -0.05) is 19.4 Å². The average Bonchev–Trinajstić information content (AvgIpc) is 3.37. The van der Waals surface area contributed by atoms with Gasteiger partial charge in [0.1, 0.15) is 0 Å². The highest BCUT2D eigenvalue weighted by atomic mass is 16.3. The van der Waals surface area contributed by atoms with E-state index < -0.39 is 0 Å². The third kappa shape index (κ3) is 1.76. The summed E-state index contributed by atoms with van der Waals surface area (Å²) in [6.07, 6.45) is 8.07. The van der Waals surface area contributed by atoms with Gasteiger partial charge in [-0.05, 0) is 85.5 Å². The molecular formula is C23H31NO2. The average molecular weight is 354 g/mol. The smallest absolute Gasteiger partial charge is 0.155 e. The van der Waals surface area contributed by atoms with Crippen molar-refractivity contribution >= 4 is 5.78 Å². The highest BCUT2D eigenvalue weighted by Crippen LogP contribution is 2.79. The Morgan fingerprint density at radius 3 is 2.62 bits per heavy atom. The van der Waals surface area contributed by atoms with Gasteiger partial charge in [-0.25, -0.2) is 0 Å². The van der Waals surface area contributed by atoms with Crippen molar-refractivity contribution in [3.05, 3.63) is 11.6 Å². The number of carbonyl (C=O) groups is 1. The van der Waals surface area contributed by atoms with Crippen LogP contribution in [-0.2, 0) is 4.79 Å². The van der Waals surface area contributed by atoms with Crippen LogP contribution in [0.4, 0.5) is 0 Å². The molecule has 0 bridgehead atoms. The van der Waals surface area contributed by atoms with Gasteiger partial charge in [-0.3, -0.25) is 4.79 Å². The van der Waals surface area contributed by atoms with E-state index in [9.17, 15) is 15.2 Å². The molecule has 0 aliphatic heterocycles. The Balaban J connectivity index is 1.59. The van der Waals surface area contributed by atoms with Gasteiger partial charge in [0.2, 0.25) is 0 Å². The Bertz CT molecular complexity index is 750. The Morgan fingerprint density at radius 1 is 1.19 bits per heavy atom. The van der Waals surface area contributed by atoms with E-state index in [1.54, 1.807) is 0 Å². The monoisotopic (exact) mass is 353 g/mol. The fourth-order valence-electron chi connectivity index (χ4n) is 8.52. The van der Waals surface area contributed by atoms with Crippen molar-refractivity contribution in [1.29, 1.82) is 5.26 Å². The van der Waals surface area contributed by atoms with Gasteiger partial charge in [0, 0.05) is 18.9 Å². The number of ketones is 1. The van der Waals surface area contributed by atoms with Crippen LogP contribution in [0.15, 0.2) is 11.6 Å². The van der Waals surface area contributed by atoms with E-state index in [4.69, 9.17) is 0 Å². The van der Waals surface area contributed by atoms with Crippen LogP contribution in [0.1, 0.15) is 59.3 Å². The summed E-state index contributed by atoms with van der Waals surface area (Å²) in [5.41, 5.74) is 1.26. The molecular weight excluding hydrogens is 322 g/mol. The maximum atomic E-state index is 12.1. The lowest BCUT2D eigenvalue weighted by Crippen LogP contribution is -2.55. The number of carbonyl (C=O) groups excluding carboxylic acids is 1. The highest BCUT2D eigenvalue weighted by molar-refractivity contribution is 5.91. The van der Waals surface area contributed by atoms with E-state index in [-0.39, 0.29) is 34.6 Å². The minimum Gasteiger partial charge on any atom is -0.396 e. The molecule has 26 heavy (non-hydrogen) atoms. The predicted octanol–water partition coefficient (Wildman–Crippen LogP) is 4.12. The summed E-state index contributed by atoms with van der Waals surface area (Å²) < 4.78 is 0. The molecule has 140 valence electrons. The van der Waals surface area contributed by atoms with Crippen molar-refractivity contribution in [3.63, 3.8) is 0 Å². The second-order valence-corrected chi connectivity index (χ2v) is 10.7. The van der Waals surface area contributed by atoms with Crippen molar-refractivity contribution in [2.75, 3.05) is 6.61 Å². The summed E-state index contributed by atoms with van der Waals surface area (Å²) in [6.45, 7) is 7.16. The van der Waals surface area contributed by atoms with Crippen molar-refractivity contribution in [1.82, 2.24) is 0 Å². The molecule has 0 unspecified atom stereocenters. The standard InChI is InChI=1S/C23H31NO2/c1-21-6-4-14(26)9-18(21)13(11-25)8-15-17(21)5-7-22(2)20(15)16-10-19(16)23(22,3)12-24/h9,13,15-17,19-20,25H,4-8,10-11H2,1-3H3/t13-,15+,16+,17-,19-,20+,21+,22-,23-/m0/s1. The lowest BCUT2D eigenvalue weighted by Gasteiger charge is -2.61. The molecule has 0 amide bonds. The van der Waals surface area contributed by atoms with E-state index in [1.807, 2.05) is 6.08 Å². The van der Waals surface area contributed by atoms with Gasteiger partial charge >= 0.3 is 0 Å². The number of nitriles is 1. The SMILES string of the molecule is C[C@]12CCC(=O)C=C1[C@H](CO)C[C@H]1[C@@H]3[C@@H]4C[C@@H]4[C@](C)(C#N)[C@@]3(C)CC[C@@H]12. The molecule has 0 heterocycles. The first-order valence-corrected chi connectivity index (χ1v) is 10.6. The molecule has 5 rings (SSSR count). The molecule has 0 spiro atoms. The number of aliphatic hydroxyl groups is 1. The number of nitrogens with zero attached hydrogens (tertiary/aromatic N) is 1. The first-order valence-electron chi connectivity index (χ1n) is 10.6. The number of fused-ring (bicyclic) bond motifs is 7. The first-order chi connectivity index (χ1) is 12.3.